The van der Waals surface area contributed by atoms with E-state index in [-0.39, 0.29) is 11.7 Å². The highest BCUT2D eigenvalue weighted by Crippen LogP contribution is 2.24. The van der Waals surface area contributed by atoms with Gasteiger partial charge in [-0.2, -0.15) is 4.98 Å². The van der Waals surface area contributed by atoms with Crippen molar-refractivity contribution in [2.45, 2.75) is 33.1 Å². The van der Waals surface area contributed by atoms with Gasteiger partial charge in [0, 0.05) is 12.0 Å². The van der Waals surface area contributed by atoms with Crippen LogP contribution >= 0.6 is 0 Å². The molecule has 0 saturated carbocycles. The molecule has 0 fully saturated rings. The fourth-order valence-electron chi connectivity index (χ4n) is 1.64. The van der Waals surface area contributed by atoms with Crippen molar-refractivity contribution in [3.05, 3.63) is 35.5 Å². The summed E-state index contributed by atoms with van der Waals surface area (Å²) in [6.45, 7) is 5.85. The molecular weight excluding hydrogens is 219 g/mol. The standard InChI is InChI=1S/C13H15FN2O/c1-4-12-15-13(16-17-12)9-5-6-11(14)10(7-9)8(2)3/h5-8H,4H2,1-3H3. The third kappa shape index (κ3) is 2.35. The van der Waals surface area contributed by atoms with Gasteiger partial charge in [0.15, 0.2) is 0 Å². The van der Waals surface area contributed by atoms with Crippen LogP contribution in [-0.4, -0.2) is 10.1 Å². The minimum Gasteiger partial charge on any atom is -0.339 e. The van der Waals surface area contributed by atoms with Crippen molar-refractivity contribution >= 4 is 0 Å². The van der Waals surface area contributed by atoms with Crippen LogP contribution in [0.3, 0.4) is 0 Å². The van der Waals surface area contributed by atoms with Gasteiger partial charge in [0.2, 0.25) is 11.7 Å². The predicted molar refractivity (Wildman–Crippen MR) is 63.2 cm³/mol. The second-order valence-electron chi connectivity index (χ2n) is 4.26. The summed E-state index contributed by atoms with van der Waals surface area (Å²) in [4.78, 5) is 4.23. The van der Waals surface area contributed by atoms with Gasteiger partial charge in [-0.15, -0.1) is 0 Å². The van der Waals surface area contributed by atoms with Gasteiger partial charge < -0.3 is 4.52 Å². The van der Waals surface area contributed by atoms with Gasteiger partial charge in [-0.3, -0.25) is 0 Å². The van der Waals surface area contributed by atoms with Crippen molar-refractivity contribution in [3.63, 3.8) is 0 Å². The highest BCUT2D eigenvalue weighted by molar-refractivity contribution is 5.56. The highest BCUT2D eigenvalue weighted by Gasteiger charge is 2.12. The first-order valence-corrected chi connectivity index (χ1v) is 5.74. The smallest absolute Gasteiger partial charge is 0.226 e. The number of hydrogen-bond donors (Lipinski definition) is 0. The van der Waals surface area contributed by atoms with Crippen LogP contribution in [0, 0.1) is 5.82 Å². The number of halogens is 1. The van der Waals surface area contributed by atoms with E-state index >= 15 is 0 Å². The number of aromatic nitrogens is 2. The molecule has 0 aliphatic heterocycles. The second-order valence-corrected chi connectivity index (χ2v) is 4.26. The molecule has 0 bridgehead atoms. The van der Waals surface area contributed by atoms with Crippen molar-refractivity contribution < 1.29 is 8.91 Å². The molecule has 0 spiro atoms. The number of hydrogen-bond acceptors (Lipinski definition) is 3. The Bertz CT molecular complexity index is 520. The molecule has 0 aliphatic carbocycles. The molecule has 0 unspecified atom stereocenters. The zero-order valence-corrected chi connectivity index (χ0v) is 10.2. The van der Waals surface area contributed by atoms with E-state index < -0.39 is 0 Å². The van der Waals surface area contributed by atoms with E-state index in [4.69, 9.17) is 4.52 Å². The lowest BCUT2D eigenvalue weighted by Crippen LogP contribution is -1.94. The number of aryl methyl sites for hydroxylation is 1. The number of benzene rings is 1. The van der Waals surface area contributed by atoms with Crippen LogP contribution in [0.2, 0.25) is 0 Å². The first-order valence-electron chi connectivity index (χ1n) is 5.74. The zero-order valence-electron chi connectivity index (χ0n) is 10.2. The van der Waals surface area contributed by atoms with E-state index in [2.05, 4.69) is 10.1 Å². The molecule has 1 aromatic heterocycles. The fourth-order valence-corrected chi connectivity index (χ4v) is 1.64. The van der Waals surface area contributed by atoms with Crippen molar-refractivity contribution in [1.82, 2.24) is 10.1 Å². The molecule has 2 aromatic rings. The van der Waals surface area contributed by atoms with Gasteiger partial charge in [0.25, 0.3) is 0 Å². The molecule has 0 amide bonds. The summed E-state index contributed by atoms with van der Waals surface area (Å²) in [5, 5.41) is 3.88. The number of rotatable bonds is 3. The average molecular weight is 234 g/mol. The molecule has 90 valence electrons. The van der Waals surface area contributed by atoms with Crippen molar-refractivity contribution in [1.29, 1.82) is 0 Å². The Balaban J connectivity index is 2.42. The predicted octanol–water partition coefficient (Wildman–Crippen LogP) is 3.56. The van der Waals surface area contributed by atoms with Crippen molar-refractivity contribution in [3.8, 4) is 11.4 Å². The summed E-state index contributed by atoms with van der Waals surface area (Å²) in [7, 11) is 0. The zero-order chi connectivity index (χ0) is 12.4. The summed E-state index contributed by atoms with van der Waals surface area (Å²) in [6, 6.07) is 4.91. The lowest BCUT2D eigenvalue weighted by Gasteiger charge is -2.07. The molecule has 0 saturated heterocycles. The third-order valence-corrected chi connectivity index (χ3v) is 2.65. The van der Waals surface area contributed by atoms with Gasteiger partial charge in [-0.1, -0.05) is 25.9 Å². The molecule has 1 aromatic carbocycles. The maximum absolute atomic E-state index is 13.5. The first-order chi connectivity index (χ1) is 8.11. The lowest BCUT2D eigenvalue weighted by molar-refractivity contribution is 0.383. The fraction of sp³-hybridized carbons (Fsp3) is 0.385. The average Bonchev–Trinajstić information content (AvgIpc) is 2.78. The molecular formula is C13H15FN2O. The van der Waals surface area contributed by atoms with Gasteiger partial charge in [-0.05, 0) is 29.7 Å². The Kier molecular flexibility index (Phi) is 3.22. The first kappa shape index (κ1) is 11.8. The molecule has 3 nitrogen and oxygen atoms in total. The van der Waals surface area contributed by atoms with Gasteiger partial charge in [0.05, 0.1) is 0 Å². The summed E-state index contributed by atoms with van der Waals surface area (Å²) >= 11 is 0. The second kappa shape index (κ2) is 4.65. The summed E-state index contributed by atoms with van der Waals surface area (Å²) in [6.07, 6.45) is 0.700. The molecule has 4 heteroatoms. The van der Waals surface area contributed by atoms with Crippen molar-refractivity contribution in [2.75, 3.05) is 0 Å². The van der Waals surface area contributed by atoms with Crippen LogP contribution < -0.4 is 0 Å². The normalized spacial score (nSPS) is 11.1. The SMILES string of the molecule is CCc1nc(-c2ccc(F)c(C(C)C)c2)no1. The summed E-state index contributed by atoms with van der Waals surface area (Å²) in [5.41, 5.74) is 1.46. The molecule has 0 aliphatic rings. The summed E-state index contributed by atoms with van der Waals surface area (Å²) in [5.74, 6) is 1.05. The van der Waals surface area contributed by atoms with Crippen molar-refractivity contribution in [2.24, 2.45) is 0 Å². The van der Waals surface area contributed by atoms with E-state index in [0.717, 1.165) is 5.56 Å². The molecule has 17 heavy (non-hydrogen) atoms. The van der Waals surface area contributed by atoms with Crippen LogP contribution in [0.4, 0.5) is 4.39 Å². The maximum Gasteiger partial charge on any atom is 0.226 e. The van der Waals surface area contributed by atoms with Gasteiger partial charge >= 0.3 is 0 Å². The Morgan fingerprint density at radius 1 is 1.35 bits per heavy atom. The van der Waals surface area contributed by atoms with E-state index in [1.165, 1.54) is 6.07 Å². The minimum absolute atomic E-state index is 0.132. The van der Waals surface area contributed by atoms with Crippen LogP contribution in [0.1, 0.15) is 38.1 Å². The maximum atomic E-state index is 13.5. The van der Waals surface area contributed by atoms with E-state index in [1.807, 2.05) is 20.8 Å². The Labute approximate surface area is 99.7 Å². The molecule has 2 rings (SSSR count). The van der Waals surface area contributed by atoms with Crippen LogP contribution in [0.25, 0.3) is 11.4 Å². The molecule has 0 radical (unpaired) electrons. The van der Waals surface area contributed by atoms with Crippen LogP contribution in [0.5, 0.6) is 0 Å². The van der Waals surface area contributed by atoms with E-state index in [1.54, 1.807) is 12.1 Å². The Morgan fingerprint density at radius 2 is 2.12 bits per heavy atom. The van der Waals surface area contributed by atoms with E-state index in [9.17, 15) is 4.39 Å². The largest absolute Gasteiger partial charge is 0.339 e. The summed E-state index contributed by atoms with van der Waals surface area (Å²) < 4.78 is 18.6. The lowest BCUT2D eigenvalue weighted by atomic mass is 10.00. The van der Waals surface area contributed by atoms with Gasteiger partial charge in [0.1, 0.15) is 5.82 Å². The molecule has 1 heterocycles. The quantitative estimate of drug-likeness (QED) is 0.815. The molecule has 0 N–H and O–H groups in total. The Hall–Kier alpha value is -1.71. The molecule has 0 atom stereocenters. The van der Waals surface area contributed by atoms with Crippen LogP contribution in [0.15, 0.2) is 22.7 Å². The van der Waals surface area contributed by atoms with Gasteiger partial charge in [-0.25, -0.2) is 4.39 Å². The topological polar surface area (TPSA) is 38.9 Å². The minimum atomic E-state index is -0.192. The number of nitrogens with zero attached hydrogens (tertiary/aromatic N) is 2. The highest BCUT2D eigenvalue weighted by atomic mass is 19.1. The van der Waals surface area contributed by atoms with E-state index in [0.29, 0.717) is 23.7 Å². The Morgan fingerprint density at radius 3 is 2.71 bits per heavy atom. The third-order valence-electron chi connectivity index (χ3n) is 2.65. The monoisotopic (exact) mass is 234 g/mol. The van der Waals surface area contributed by atoms with Crippen LogP contribution in [-0.2, 0) is 6.42 Å².